The molecule has 2 N–H and O–H groups in total. The van der Waals surface area contributed by atoms with E-state index in [-0.39, 0.29) is 5.75 Å². The summed E-state index contributed by atoms with van der Waals surface area (Å²) >= 11 is 3.57. The molecule has 0 atom stereocenters. The molecule has 7 heteroatoms. The first-order valence-corrected chi connectivity index (χ1v) is 13.4. The van der Waals surface area contributed by atoms with E-state index in [0.717, 1.165) is 48.4 Å². The number of piperidine rings is 1. The third kappa shape index (κ3) is 5.10. The Labute approximate surface area is 224 Å². The number of aromatic nitrogens is 3. The summed E-state index contributed by atoms with van der Waals surface area (Å²) in [6.45, 7) is 3.00. The fourth-order valence-electron chi connectivity index (χ4n) is 5.05. The van der Waals surface area contributed by atoms with E-state index in [4.69, 9.17) is 4.98 Å². The number of hydrogen-bond donors (Lipinski definition) is 2. The van der Waals surface area contributed by atoms with Crippen LogP contribution < -0.4 is 5.32 Å². The van der Waals surface area contributed by atoms with Gasteiger partial charge in [-0.15, -0.1) is 0 Å². The van der Waals surface area contributed by atoms with E-state index in [9.17, 15) is 5.11 Å². The van der Waals surface area contributed by atoms with Crippen molar-refractivity contribution in [3.63, 3.8) is 0 Å². The number of phenols is 1. The lowest BCUT2D eigenvalue weighted by Crippen LogP contribution is -2.39. The number of likely N-dealkylation sites (tertiary alicyclic amines) is 1. The SMILES string of the molecule is Oc1ccccc1-c1cc(NC2CCN(Cc3cccc(-c4ccccc4)c3)CC2)n2ncc(Br)c2n1. The van der Waals surface area contributed by atoms with Gasteiger partial charge in [0.2, 0.25) is 0 Å². The normalized spacial score (nSPS) is 14.7. The van der Waals surface area contributed by atoms with Crippen LogP contribution in [0.3, 0.4) is 0 Å². The van der Waals surface area contributed by atoms with Crippen LogP contribution in [0.5, 0.6) is 5.75 Å². The van der Waals surface area contributed by atoms with Gasteiger partial charge >= 0.3 is 0 Å². The van der Waals surface area contributed by atoms with Gasteiger partial charge in [0, 0.05) is 37.3 Å². The highest BCUT2D eigenvalue weighted by molar-refractivity contribution is 9.10. The first-order valence-electron chi connectivity index (χ1n) is 12.6. The molecule has 0 unspecified atom stereocenters. The Morgan fingerprint density at radius 3 is 2.46 bits per heavy atom. The number of fused-ring (bicyclic) bond motifs is 1. The predicted molar refractivity (Wildman–Crippen MR) is 152 cm³/mol. The van der Waals surface area contributed by atoms with Crippen molar-refractivity contribution < 1.29 is 5.11 Å². The average molecular weight is 554 g/mol. The van der Waals surface area contributed by atoms with Crippen LogP contribution in [0.25, 0.3) is 28.0 Å². The Morgan fingerprint density at radius 2 is 1.65 bits per heavy atom. The van der Waals surface area contributed by atoms with Crippen LogP contribution in [0.15, 0.2) is 95.6 Å². The number of aromatic hydroxyl groups is 1. The second-order valence-electron chi connectivity index (χ2n) is 9.53. The molecular formula is C30H28BrN5O. The van der Waals surface area contributed by atoms with Crippen LogP contribution in [0, 0.1) is 0 Å². The Morgan fingerprint density at radius 1 is 0.892 bits per heavy atom. The van der Waals surface area contributed by atoms with Gasteiger partial charge in [-0.25, -0.2) is 4.98 Å². The maximum atomic E-state index is 10.4. The van der Waals surface area contributed by atoms with Crippen LogP contribution in [-0.2, 0) is 6.54 Å². The minimum atomic E-state index is 0.213. The van der Waals surface area contributed by atoms with Gasteiger partial charge in [0.15, 0.2) is 5.65 Å². The van der Waals surface area contributed by atoms with Crippen molar-refractivity contribution in [2.24, 2.45) is 0 Å². The maximum Gasteiger partial charge on any atom is 0.172 e. The van der Waals surface area contributed by atoms with Crippen LogP contribution in [-0.4, -0.2) is 43.7 Å². The molecule has 0 saturated carbocycles. The van der Waals surface area contributed by atoms with Gasteiger partial charge in [0.05, 0.1) is 16.4 Å². The molecule has 0 radical (unpaired) electrons. The average Bonchev–Trinajstić information content (AvgIpc) is 3.31. The number of anilines is 1. The van der Waals surface area contributed by atoms with Gasteiger partial charge < -0.3 is 10.4 Å². The van der Waals surface area contributed by atoms with E-state index in [0.29, 0.717) is 17.3 Å². The van der Waals surface area contributed by atoms with Crippen LogP contribution in [0.1, 0.15) is 18.4 Å². The van der Waals surface area contributed by atoms with Crippen molar-refractivity contribution in [3.8, 4) is 28.1 Å². The van der Waals surface area contributed by atoms with Gasteiger partial charge in [-0.1, -0.05) is 60.7 Å². The van der Waals surface area contributed by atoms with E-state index >= 15 is 0 Å². The molecule has 5 aromatic rings. The zero-order valence-electron chi connectivity index (χ0n) is 20.4. The topological polar surface area (TPSA) is 65.7 Å². The number of para-hydroxylation sites is 1. The van der Waals surface area contributed by atoms with Crippen LogP contribution in [0.2, 0.25) is 0 Å². The summed E-state index contributed by atoms with van der Waals surface area (Å²) in [5, 5.41) is 18.6. The van der Waals surface area contributed by atoms with E-state index in [2.05, 4.69) is 85.8 Å². The number of halogens is 1. The highest BCUT2D eigenvalue weighted by Crippen LogP contribution is 2.32. The molecular weight excluding hydrogens is 526 g/mol. The zero-order chi connectivity index (χ0) is 25.2. The Bertz CT molecular complexity index is 1530. The first-order chi connectivity index (χ1) is 18.1. The Kier molecular flexibility index (Phi) is 6.64. The number of phenolic OH excluding ortho intramolecular Hbond substituents is 1. The van der Waals surface area contributed by atoms with Crippen molar-refractivity contribution >= 4 is 27.4 Å². The number of nitrogens with zero attached hydrogens (tertiary/aromatic N) is 4. The molecule has 37 heavy (non-hydrogen) atoms. The molecule has 1 fully saturated rings. The largest absolute Gasteiger partial charge is 0.507 e. The molecule has 0 aliphatic carbocycles. The molecule has 1 saturated heterocycles. The molecule has 6 nitrogen and oxygen atoms in total. The second-order valence-corrected chi connectivity index (χ2v) is 10.4. The molecule has 0 bridgehead atoms. The minimum Gasteiger partial charge on any atom is -0.507 e. The third-order valence-corrected chi connectivity index (χ3v) is 7.55. The summed E-state index contributed by atoms with van der Waals surface area (Å²) < 4.78 is 2.65. The van der Waals surface area contributed by atoms with E-state index in [1.807, 2.05) is 28.8 Å². The monoisotopic (exact) mass is 553 g/mol. The molecule has 2 aromatic heterocycles. The summed E-state index contributed by atoms with van der Waals surface area (Å²) in [5.41, 5.74) is 6.00. The lowest BCUT2D eigenvalue weighted by atomic mass is 10.0. The molecule has 3 heterocycles. The summed E-state index contributed by atoms with van der Waals surface area (Å²) in [5.74, 6) is 1.09. The van der Waals surface area contributed by atoms with Crippen molar-refractivity contribution in [2.75, 3.05) is 18.4 Å². The standard InChI is InChI=1S/C30H28BrN5O/c31-26-19-32-36-29(18-27(34-30(26)36)25-11-4-5-12-28(25)37)33-24-13-15-35(16-14-24)20-21-7-6-10-23(17-21)22-8-2-1-3-9-22/h1-12,17-19,24,33,37H,13-16,20H2. The zero-order valence-corrected chi connectivity index (χ0v) is 22.0. The highest BCUT2D eigenvalue weighted by atomic mass is 79.9. The smallest absolute Gasteiger partial charge is 0.172 e. The first kappa shape index (κ1) is 23.7. The predicted octanol–water partition coefficient (Wildman–Crippen LogP) is 6.61. The van der Waals surface area contributed by atoms with Gasteiger partial charge in [-0.05, 0) is 63.7 Å². The fourth-order valence-corrected chi connectivity index (χ4v) is 5.40. The van der Waals surface area contributed by atoms with Gasteiger partial charge in [-0.2, -0.15) is 9.61 Å². The van der Waals surface area contributed by atoms with E-state index in [1.165, 1.54) is 16.7 Å². The number of benzene rings is 3. The van der Waals surface area contributed by atoms with Gasteiger partial charge in [-0.3, -0.25) is 4.90 Å². The third-order valence-electron chi connectivity index (χ3n) is 6.99. The fraction of sp³-hybridized carbons (Fsp3) is 0.200. The van der Waals surface area contributed by atoms with Crippen molar-refractivity contribution in [1.82, 2.24) is 19.5 Å². The van der Waals surface area contributed by atoms with Gasteiger partial charge in [0.1, 0.15) is 11.6 Å². The van der Waals surface area contributed by atoms with Crippen LogP contribution in [0.4, 0.5) is 5.82 Å². The second kappa shape index (κ2) is 10.4. The summed E-state index contributed by atoms with van der Waals surface area (Å²) in [4.78, 5) is 7.28. The number of rotatable bonds is 6. The maximum absolute atomic E-state index is 10.4. The van der Waals surface area contributed by atoms with Gasteiger partial charge in [0.25, 0.3) is 0 Å². The number of nitrogens with one attached hydrogen (secondary N) is 1. The van der Waals surface area contributed by atoms with E-state index in [1.54, 1.807) is 12.3 Å². The molecule has 186 valence electrons. The summed E-state index contributed by atoms with van der Waals surface area (Å²) in [6.07, 6.45) is 3.83. The van der Waals surface area contributed by atoms with Crippen LogP contribution >= 0.6 is 15.9 Å². The molecule has 1 aliphatic rings. The highest BCUT2D eigenvalue weighted by Gasteiger charge is 2.21. The molecule has 0 spiro atoms. The van der Waals surface area contributed by atoms with Crippen molar-refractivity contribution in [1.29, 1.82) is 0 Å². The van der Waals surface area contributed by atoms with Crippen molar-refractivity contribution in [2.45, 2.75) is 25.4 Å². The lowest BCUT2D eigenvalue weighted by Gasteiger charge is -2.33. The van der Waals surface area contributed by atoms with Crippen molar-refractivity contribution in [3.05, 3.63) is 101 Å². The number of hydrogen-bond acceptors (Lipinski definition) is 5. The minimum absolute atomic E-state index is 0.213. The Balaban J connectivity index is 1.15. The Hall–Kier alpha value is -3.68. The lowest BCUT2D eigenvalue weighted by molar-refractivity contribution is 0.211. The summed E-state index contributed by atoms with van der Waals surface area (Å²) in [7, 11) is 0. The molecule has 6 rings (SSSR count). The van der Waals surface area contributed by atoms with E-state index < -0.39 is 0 Å². The molecule has 3 aromatic carbocycles. The molecule has 0 amide bonds. The quantitative estimate of drug-likeness (QED) is 0.247. The summed E-state index contributed by atoms with van der Waals surface area (Å²) in [6, 6.07) is 29.0. The molecule has 1 aliphatic heterocycles.